The first kappa shape index (κ1) is 14.3. The quantitative estimate of drug-likeness (QED) is 0.803. The number of halogens is 1. The lowest BCUT2D eigenvalue weighted by Gasteiger charge is -2.14. The summed E-state index contributed by atoms with van der Waals surface area (Å²) < 4.78 is 5.34. The van der Waals surface area contributed by atoms with Crippen LogP contribution in [0, 0.1) is 0 Å². The molecule has 1 aromatic rings. The number of benzene rings is 1. The Labute approximate surface area is 109 Å². The molecule has 0 saturated carbocycles. The van der Waals surface area contributed by atoms with Gasteiger partial charge in [0.25, 0.3) is 0 Å². The van der Waals surface area contributed by atoms with Crippen LogP contribution in [0.3, 0.4) is 0 Å². The molecule has 1 rings (SSSR count). The van der Waals surface area contributed by atoms with E-state index in [0.29, 0.717) is 6.04 Å². The second kappa shape index (κ2) is 7.57. The van der Waals surface area contributed by atoms with Gasteiger partial charge in [-0.05, 0) is 56.5 Å². The number of nitrogens with one attached hydrogen (secondary N) is 1. The van der Waals surface area contributed by atoms with Gasteiger partial charge in [0.15, 0.2) is 0 Å². The van der Waals surface area contributed by atoms with Crippen molar-refractivity contribution < 1.29 is 4.74 Å². The molecule has 0 amide bonds. The van der Waals surface area contributed by atoms with Gasteiger partial charge in [-0.15, -0.1) is 0 Å². The van der Waals surface area contributed by atoms with E-state index in [1.54, 1.807) is 7.11 Å². The first-order chi connectivity index (χ1) is 8.21. The van der Waals surface area contributed by atoms with Gasteiger partial charge in [0.05, 0.1) is 7.11 Å². The first-order valence-corrected chi connectivity index (χ1v) is 6.58. The summed E-state index contributed by atoms with van der Waals surface area (Å²) >= 11 is 6.00. The Balaban J connectivity index is 2.53. The fourth-order valence-electron chi connectivity index (χ4n) is 2.03. The molecule has 17 heavy (non-hydrogen) atoms. The summed E-state index contributed by atoms with van der Waals surface area (Å²) in [4.78, 5) is 0. The van der Waals surface area contributed by atoms with Crippen LogP contribution in [-0.2, 0) is 6.42 Å². The van der Waals surface area contributed by atoms with Crippen LogP contribution >= 0.6 is 11.6 Å². The smallest absolute Gasteiger partial charge is 0.122 e. The topological polar surface area (TPSA) is 21.3 Å². The maximum Gasteiger partial charge on any atom is 0.122 e. The van der Waals surface area contributed by atoms with Crippen LogP contribution in [0.4, 0.5) is 0 Å². The largest absolute Gasteiger partial charge is 0.496 e. The van der Waals surface area contributed by atoms with E-state index in [1.165, 1.54) is 18.4 Å². The third-order valence-corrected chi connectivity index (χ3v) is 3.38. The molecule has 1 atom stereocenters. The minimum atomic E-state index is 0.611. The van der Waals surface area contributed by atoms with Gasteiger partial charge in [0, 0.05) is 11.1 Å². The van der Waals surface area contributed by atoms with Crippen molar-refractivity contribution in [2.24, 2.45) is 0 Å². The molecule has 1 N–H and O–H groups in total. The zero-order valence-corrected chi connectivity index (χ0v) is 11.7. The van der Waals surface area contributed by atoms with Crippen molar-refractivity contribution in [3.8, 4) is 5.75 Å². The molecule has 0 aromatic heterocycles. The maximum absolute atomic E-state index is 6.00. The number of rotatable bonds is 7. The van der Waals surface area contributed by atoms with Crippen molar-refractivity contribution in [1.29, 1.82) is 0 Å². The molecule has 0 saturated heterocycles. The van der Waals surface area contributed by atoms with Crippen LogP contribution in [-0.4, -0.2) is 20.2 Å². The highest BCUT2D eigenvalue weighted by Crippen LogP contribution is 2.24. The Morgan fingerprint density at radius 2 is 2.18 bits per heavy atom. The molecular weight excluding hydrogens is 234 g/mol. The Morgan fingerprint density at radius 1 is 1.41 bits per heavy atom. The zero-order chi connectivity index (χ0) is 12.7. The Kier molecular flexibility index (Phi) is 6.38. The summed E-state index contributed by atoms with van der Waals surface area (Å²) in [5.41, 5.74) is 1.20. The van der Waals surface area contributed by atoms with E-state index in [4.69, 9.17) is 16.3 Å². The van der Waals surface area contributed by atoms with E-state index in [1.807, 2.05) is 25.2 Å². The van der Waals surface area contributed by atoms with E-state index >= 15 is 0 Å². The van der Waals surface area contributed by atoms with Crippen LogP contribution in [0.1, 0.15) is 31.7 Å². The standard InChI is InChI=1S/C14H22ClNO/c1-4-13(16-2)7-5-6-11-10-12(15)8-9-14(11)17-3/h8-10,13,16H,4-7H2,1-3H3. The second-order valence-electron chi connectivity index (χ2n) is 4.24. The Hall–Kier alpha value is -0.730. The fraction of sp³-hybridized carbons (Fsp3) is 0.571. The molecule has 0 spiro atoms. The molecule has 3 heteroatoms. The zero-order valence-electron chi connectivity index (χ0n) is 10.9. The van der Waals surface area contributed by atoms with Gasteiger partial charge in [0.2, 0.25) is 0 Å². The van der Waals surface area contributed by atoms with Crippen molar-refractivity contribution in [3.05, 3.63) is 28.8 Å². The van der Waals surface area contributed by atoms with Gasteiger partial charge in [-0.1, -0.05) is 18.5 Å². The molecule has 0 aliphatic carbocycles. The normalized spacial score (nSPS) is 12.5. The van der Waals surface area contributed by atoms with Crippen molar-refractivity contribution in [2.45, 2.75) is 38.6 Å². The number of methoxy groups -OCH3 is 1. The van der Waals surface area contributed by atoms with Gasteiger partial charge in [0.1, 0.15) is 5.75 Å². The lowest BCUT2D eigenvalue weighted by Crippen LogP contribution is -2.23. The van der Waals surface area contributed by atoms with E-state index in [-0.39, 0.29) is 0 Å². The number of ether oxygens (including phenoxy) is 1. The summed E-state index contributed by atoms with van der Waals surface area (Å²) in [5.74, 6) is 0.937. The minimum absolute atomic E-state index is 0.611. The maximum atomic E-state index is 6.00. The predicted molar refractivity (Wildman–Crippen MR) is 74.1 cm³/mol. The van der Waals surface area contributed by atoms with Gasteiger partial charge in [-0.2, -0.15) is 0 Å². The molecule has 0 fully saturated rings. The minimum Gasteiger partial charge on any atom is -0.496 e. The van der Waals surface area contributed by atoms with E-state index in [2.05, 4.69) is 12.2 Å². The molecule has 0 heterocycles. The Bertz CT molecular complexity index is 337. The average molecular weight is 256 g/mol. The monoisotopic (exact) mass is 255 g/mol. The highest BCUT2D eigenvalue weighted by Gasteiger charge is 2.06. The highest BCUT2D eigenvalue weighted by atomic mass is 35.5. The van der Waals surface area contributed by atoms with Gasteiger partial charge in [-0.3, -0.25) is 0 Å². The van der Waals surface area contributed by atoms with Crippen molar-refractivity contribution >= 4 is 11.6 Å². The molecule has 0 radical (unpaired) electrons. The number of aryl methyl sites for hydroxylation is 1. The number of hydrogen-bond acceptors (Lipinski definition) is 2. The number of hydrogen-bond donors (Lipinski definition) is 1. The molecule has 96 valence electrons. The highest BCUT2D eigenvalue weighted by molar-refractivity contribution is 6.30. The third kappa shape index (κ3) is 4.57. The van der Waals surface area contributed by atoms with Crippen LogP contribution in [0.25, 0.3) is 0 Å². The lowest BCUT2D eigenvalue weighted by atomic mass is 10.0. The lowest BCUT2D eigenvalue weighted by molar-refractivity contribution is 0.407. The molecule has 0 aliphatic heterocycles. The molecule has 0 aliphatic rings. The summed E-state index contributed by atoms with van der Waals surface area (Å²) in [6.45, 7) is 2.21. The van der Waals surface area contributed by atoms with Crippen molar-refractivity contribution in [1.82, 2.24) is 5.32 Å². The summed E-state index contributed by atoms with van der Waals surface area (Å²) in [7, 11) is 3.73. The van der Waals surface area contributed by atoms with E-state index in [0.717, 1.165) is 23.6 Å². The second-order valence-corrected chi connectivity index (χ2v) is 4.68. The summed E-state index contributed by atoms with van der Waals surface area (Å²) in [6.07, 6.45) is 4.52. The van der Waals surface area contributed by atoms with Crippen LogP contribution < -0.4 is 10.1 Å². The van der Waals surface area contributed by atoms with E-state index in [9.17, 15) is 0 Å². The van der Waals surface area contributed by atoms with Crippen LogP contribution in [0.5, 0.6) is 5.75 Å². The average Bonchev–Trinajstić information content (AvgIpc) is 2.35. The van der Waals surface area contributed by atoms with Crippen LogP contribution in [0.15, 0.2) is 18.2 Å². The molecule has 2 nitrogen and oxygen atoms in total. The molecule has 1 unspecified atom stereocenters. The summed E-state index contributed by atoms with van der Waals surface area (Å²) in [5, 5.41) is 4.10. The SMILES string of the molecule is CCC(CCCc1cc(Cl)ccc1OC)NC. The van der Waals surface area contributed by atoms with Crippen molar-refractivity contribution in [2.75, 3.05) is 14.2 Å². The van der Waals surface area contributed by atoms with Crippen LogP contribution in [0.2, 0.25) is 5.02 Å². The summed E-state index contributed by atoms with van der Waals surface area (Å²) in [6, 6.07) is 6.42. The van der Waals surface area contributed by atoms with Gasteiger partial charge >= 0.3 is 0 Å². The van der Waals surface area contributed by atoms with Gasteiger partial charge in [-0.25, -0.2) is 0 Å². The first-order valence-electron chi connectivity index (χ1n) is 6.21. The fourth-order valence-corrected chi connectivity index (χ4v) is 2.23. The Morgan fingerprint density at radius 3 is 2.76 bits per heavy atom. The predicted octanol–water partition coefficient (Wildman–Crippen LogP) is 3.67. The molecule has 0 bridgehead atoms. The van der Waals surface area contributed by atoms with E-state index < -0.39 is 0 Å². The van der Waals surface area contributed by atoms with Gasteiger partial charge < -0.3 is 10.1 Å². The molecular formula is C14H22ClNO. The molecule has 1 aromatic carbocycles. The third-order valence-electron chi connectivity index (χ3n) is 3.14. The van der Waals surface area contributed by atoms with Crippen molar-refractivity contribution in [3.63, 3.8) is 0 Å².